The van der Waals surface area contributed by atoms with Crippen LogP contribution in [0.2, 0.25) is 0 Å². The maximum Gasteiger partial charge on any atom is 0.460 e. The van der Waals surface area contributed by atoms with Crippen molar-refractivity contribution in [3.8, 4) is 23.0 Å². The molecule has 0 unspecified atom stereocenters. The van der Waals surface area contributed by atoms with Crippen molar-refractivity contribution in [1.82, 2.24) is 0 Å². The first-order chi connectivity index (χ1) is 15.7. The summed E-state index contributed by atoms with van der Waals surface area (Å²) in [7, 11) is -3.87. The molecule has 32 heavy (non-hydrogen) atoms. The van der Waals surface area contributed by atoms with Crippen molar-refractivity contribution in [1.29, 1.82) is 0 Å². The highest BCUT2D eigenvalue weighted by Gasteiger charge is 2.11. The summed E-state index contributed by atoms with van der Waals surface area (Å²) < 4.78 is 20.9. The largest absolute Gasteiger partial charge is 0.460 e. The molecule has 0 saturated heterocycles. The minimum atomic E-state index is -1.93. The van der Waals surface area contributed by atoms with E-state index in [4.69, 9.17) is 18.1 Å². The molecule has 0 aliphatic rings. The van der Waals surface area contributed by atoms with E-state index in [0.717, 1.165) is 0 Å². The van der Waals surface area contributed by atoms with Crippen molar-refractivity contribution in [2.45, 2.75) is 0 Å². The van der Waals surface area contributed by atoms with Crippen molar-refractivity contribution in [3.05, 3.63) is 121 Å². The highest BCUT2D eigenvalue weighted by Crippen LogP contribution is 2.36. The first-order valence-electron chi connectivity index (χ1n) is 9.59. The molecule has 0 fully saturated rings. The van der Waals surface area contributed by atoms with Crippen molar-refractivity contribution in [2.75, 3.05) is 0 Å². The molecule has 4 aromatic carbocycles. The van der Waals surface area contributed by atoms with Gasteiger partial charge < -0.3 is 27.9 Å². The van der Waals surface area contributed by atoms with Gasteiger partial charge in [-0.2, -0.15) is 0 Å². The Kier molecular flexibility index (Phi) is 9.78. The second-order valence-electron chi connectivity index (χ2n) is 6.09. The molecule has 0 saturated carbocycles. The predicted octanol–water partition coefficient (Wildman–Crippen LogP) is 6.73. The van der Waals surface area contributed by atoms with Crippen molar-refractivity contribution in [3.63, 3.8) is 0 Å². The second kappa shape index (κ2) is 13.3. The van der Waals surface area contributed by atoms with Crippen LogP contribution in [0, 0.1) is 0 Å². The molecule has 0 radical (unpaired) electrons. The van der Waals surface area contributed by atoms with Crippen LogP contribution in [0.3, 0.4) is 0 Å². The lowest BCUT2D eigenvalue weighted by molar-refractivity contribution is 0.380. The van der Waals surface area contributed by atoms with Crippen LogP contribution in [0.5, 0.6) is 23.0 Å². The fraction of sp³-hybridized carbons (Fsp3) is 0. The van der Waals surface area contributed by atoms with Crippen LogP contribution in [0.1, 0.15) is 0 Å². The molecule has 2 N–H and O–H groups in total. The highest BCUT2D eigenvalue weighted by molar-refractivity contribution is 7.41. The quantitative estimate of drug-likeness (QED) is 0.279. The topological polar surface area (TPSA) is 77.4 Å². The Balaban J connectivity index is 0.000000181. The summed E-state index contributed by atoms with van der Waals surface area (Å²) in [6.45, 7) is 0. The summed E-state index contributed by atoms with van der Waals surface area (Å²) in [4.78, 5) is 19.2. The lowest BCUT2D eigenvalue weighted by Gasteiger charge is -2.11. The molecule has 8 heteroatoms. The zero-order valence-electron chi connectivity index (χ0n) is 17.0. The van der Waals surface area contributed by atoms with Crippen molar-refractivity contribution >= 4 is 17.2 Å². The lowest BCUT2D eigenvalue weighted by atomic mass is 10.3. The van der Waals surface area contributed by atoms with Crippen LogP contribution < -0.4 is 18.1 Å². The Morgan fingerprint density at radius 2 is 0.531 bits per heavy atom. The Labute approximate surface area is 189 Å². The standard InChI is InChI=1S/2C12H11O3P/c2*13-16(14-11-7-3-1-4-8-11)15-12-9-5-2-6-10-12/h2*1-10,13H. The molecule has 0 atom stereocenters. The van der Waals surface area contributed by atoms with E-state index in [1.807, 2.05) is 72.8 Å². The number of para-hydroxylation sites is 4. The zero-order valence-corrected chi connectivity index (χ0v) is 18.8. The minimum absolute atomic E-state index is 0.590. The van der Waals surface area contributed by atoms with Crippen LogP contribution in [-0.4, -0.2) is 9.79 Å². The molecule has 4 aromatic rings. The Hall–Kier alpha value is -3.14. The Morgan fingerprint density at radius 1 is 0.344 bits per heavy atom. The van der Waals surface area contributed by atoms with Gasteiger partial charge in [0.1, 0.15) is 23.0 Å². The number of hydrogen-bond donors (Lipinski definition) is 2. The summed E-state index contributed by atoms with van der Waals surface area (Å²) in [5.41, 5.74) is 0. The maximum atomic E-state index is 9.58. The van der Waals surface area contributed by atoms with Crippen molar-refractivity contribution < 1.29 is 27.9 Å². The molecule has 0 bridgehead atoms. The molecule has 0 aliphatic carbocycles. The summed E-state index contributed by atoms with van der Waals surface area (Å²) in [6, 6.07) is 36.3. The third-order valence-corrected chi connectivity index (χ3v) is 5.17. The van der Waals surface area contributed by atoms with Gasteiger partial charge >= 0.3 is 17.2 Å². The van der Waals surface area contributed by atoms with Crippen LogP contribution in [0.15, 0.2) is 121 Å². The molecule has 0 heterocycles. The van der Waals surface area contributed by atoms with Gasteiger partial charge in [0.05, 0.1) is 0 Å². The van der Waals surface area contributed by atoms with E-state index in [0.29, 0.717) is 23.0 Å². The van der Waals surface area contributed by atoms with Gasteiger partial charge in [-0.25, -0.2) is 0 Å². The molecular formula is C24H22O6P2. The molecule has 0 aliphatic heterocycles. The van der Waals surface area contributed by atoms with Crippen LogP contribution >= 0.6 is 17.2 Å². The van der Waals surface area contributed by atoms with Gasteiger partial charge in [-0.15, -0.1) is 0 Å². The minimum Gasteiger partial charge on any atom is -0.418 e. The normalized spacial score (nSPS) is 10.1. The zero-order chi connectivity index (χ0) is 22.4. The van der Waals surface area contributed by atoms with Gasteiger partial charge in [0.2, 0.25) is 0 Å². The molecule has 0 spiro atoms. The Bertz CT molecular complexity index is 840. The van der Waals surface area contributed by atoms with Gasteiger partial charge in [0.25, 0.3) is 0 Å². The third-order valence-electron chi connectivity index (χ3n) is 3.71. The van der Waals surface area contributed by atoms with Crippen LogP contribution in [0.4, 0.5) is 0 Å². The molecule has 4 rings (SSSR count). The van der Waals surface area contributed by atoms with E-state index in [9.17, 15) is 9.79 Å². The monoisotopic (exact) mass is 468 g/mol. The van der Waals surface area contributed by atoms with E-state index in [1.54, 1.807) is 48.5 Å². The van der Waals surface area contributed by atoms with E-state index < -0.39 is 17.2 Å². The van der Waals surface area contributed by atoms with E-state index in [-0.39, 0.29) is 0 Å². The van der Waals surface area contributed by atoms with Crippen molar-refractivity contribution in [2.24, 2.45) is 0 Å². The maximum absolute atomic E-state index is 9.58. The van der Waals surface area contributed by atoms with E-state index >= 15 is 0 Å². The van der Waals surface area contributed by atoms with Gasteiger partial charge in [0, 0.05) is 0 Å². The fourth-order valence-electron chi connectivity index (χ4n) is 2.32. The van der Waals surface area contributed by atoms with Gasteiger partial charge in [-0.1, -0.05) is 72.8 Å². The molecule has 6 nitrogen and oxygen atoms in total. The van der Waals surface area contributed by atoms with E-state index in [1.165, 1.54) is 0 Å². The second-order valence-corrected chi connectivity index (χ2v) is 7.77. The van der Waals surface area contributed by atoms with Gasteiger partial charge in [-0.05, 0) is 48.5 Å². The summed E-state index contributed by atoms with van der Waals surface area (Å²) >= 11 is 0. The lowest BCUT2D eigenvalue weighted by Crippen LogP contribution is -1.93. The smallest absolute Gasteiger partial charge is 0.418 e. The summed E-state index contributed by atoms with van der Waals surface area (Å²) in [6.07, 6.45) is 0. The molecule has 0 aromatic heterocycles. The SMILES string of the molecule is OP(Oc1ccccc1)Oc1ccccc1.OP(Oc1ccccc1)Oc1ccccc1. The fourth-order valence-corrected chi connectivity index (χ4v) is 3.61. The predicted molar refractivity (Wildman–Crippen MR) is 127 cm³/mol. The number of benzene rings is 4. The average Bonchev–Trinajstić information content (AvgIpc) is 2.82. The molecule has 0 amide bonds. The van der Waals surface area contributed by atoms with Crippen LogP contribution in [-0.2, 0) is 0 Å². The van der Waals surface area contributed by atoms with Crippen LogP contribution in [0.25, 0.3) is 0 Å². The summed E-state index contributed by atoms with van der Waals surface area (Å²) in [5.74, 6) is 2.36. The highest BCUT2D eigenvalue weighted by atomic mass is 31.2. The van der Waals surface area contributed by atoms with Gasteiger partial charge in [-0.3, -0.25) is 0 Å². The Morgan fingerprint density at radius 3 is 0.719 bits per heavy atom. The third kappa shape index (κ3) is 8.93. The number of hydrogen-bond acceptors (Lipinski definition) is 6. The first kappa shape index (κ1) is 23.5. The molecular weight excluding hydrogens is 446 g/mol. The van der Waals surface area contributed by atoms with E-state index in [2.05, 4.69) is 0 Å². The first-order valence-corrected chi connectivity index (χ1v) is 11.9. The van der Waals surface area contributed by atoms with Gasteiger partial charge in [0.15, 0.2) is 0 Å². The average molecular weight is 468 g/mol. The molecule has 164 valence electrons. The number of rotatable bonds is 8. The summed E-state index contributed by atoms with van der Waals surface area (Å²) in [5, 5.41) is 0.